The van der Waals surface area contributed by atoms with Crippen LogP contribution < -0.4 is 14.9 Å². The molecular formula is C49H55ClN10O4S. The Hall–Kier alpha value is -5.61. The Morgan fingerprint density at radius 2 is 1.72 bits per heavy atom. The van der Waals surface area contributed by atoms with Gasteiger partial charge >= 0.3 is 0 Å². The maximum absolute atomic E-state index is 14.2. The van der Waals surface area contributed by atoms with Crippen molar-refractivity contribution in [3.05, 3.63) is 112 Å². The first-order chi connectivity index (χ1) is 31.4. The normalized spacial score (nSPS) is 19.0. The number of aromatic amines is 1. The van der Waals surface area contributed by atoms with E-state index in [1.807, 2.05) is 42.6 Å². The fourth-order valence-corrected chi connectivity index (χ4v) is 11.1. The first kappa shape index (κ1) is 43.3. The van der Waals surface area contributed by atoms with Crippen LogP contribution in [0.3, 0.4) is 0 Å². The molecule has 14 nitrogen and oxygen atoms in total. The Balaban J connectivity index is 0.880. The van der Waals surface area contributed by atoms with Crippen LogP contribution in [0.4, 0.5) is 17.1 Å². The van der Waals surface area contributed by atoms with E-state index in [1.54, 1.807) is 23.0 Å². The van der Waals surface area contributed by atoms with E-state index < -0.39 is 15.9 Å². The number of amides is 1. The van der Waals surface area contributed by atoms with Gasteiger partial charge in [0, 0.05) is 67.6 Å². The molecule has 3 fully saturated rings. The molecule has 0 unspecified atom stereocenters. The number of benzene rings is 3. The molecule has 4 aliphatic rings. The molecule has 1 saturated carbocycles. The van der Waals surface area contributed by atoms with Gasteiger partial charge in [-0.25, -0.2) is 22.8 Å². The van der Waals surface area contributed by atoms with Gasteiger partial charge in [0.1, 0.15) is 16.9 Å². The highest BCUT2D eigenvalue weighted by Gasteiger charge is 2.33. The third-order valence-corrected chi connectivity index (χ3v) is 15.5. The maximum atomic E-state index is 14.2. The van der Waals surface area contributed by atoms with Crippen molar-refractivity contribution in [2.45, 2.75) is 69.7 Å². The van der Waals surface area contributed by atoms with Crippen LogP contribution in [0.5, 0.6) is 0 Å². The smallest absolute Gasteiger partial charge is 0.267 e. The van der Waals surface area contributed by atoms with E-state index in [0.717, 1.165) is 100 Å². The number of carbonyl (C=O) groups is 1. The van der Waals surface area contributed by atoms with E-state index in [0.29, 0.717) is 40.5 Å². The third-order valence-electron chi connectivity index (χ3n) is 13.9. The van der Waals surface area contributed by atoms with Crippen molar-refractivity contribution in [2.75, 3.05) is 62.6 Å². The molecule has 3 aromatic heterocycles. The van der Waals surface area contributed by atoms with Crippen LogP contribution in [-0.4, -0.2) is 102 Å². The van der Waals surface area contributed by atoms with Gasteiger partial charge in [0.15, 0.2) is 0 Å². The summed E-state index contributed by atoms with van der Waals surface area (Å²) in [5, 5.41) is 12.8. The lowest BCUT2D eigenvalue weighted by Crippen LogP contribution is -2.47. The van der Waals surface area contributed by atoms with Crippen LogP contribution in [0.25, 0.3) is 33.3 Å². The van der Waals surface area contributed by atoms with Crippen LogP contribution in [-0.2, 0) is 10.0 Å². The van der Waals surface area contributed by atoms with Crippen molar-refractivity contribution in [1.29, 1.82) is 0 Å². The van der Waals surface area contributed by atoms with Crippen molar-refractivity contribution in [3.8, 4) is 5.69 Å². The number of piperidine rings is 1. The molecule has 3 N–H and O–H groups in total. The van der Waals surface area contributed by atoms with Gasteiger partial charge in [-0.3, -0.25) is 9.69 Å². The first-order valence-corrected chi connectivity index (χ1v) is 24.7. The minimum absolute atomic E-state index is 0.0335. The van der Waals surface area contributed by atoms with Crippen molar-refractivity contribution in [3.63, 3.8) is 0 Å². The molecular weight excluding hydrogens is 860 g/mol. The largest absolute Gasteiger partial charge is 0.383 e. The standard InChI is InChI=1S/C49H55ClN10O4S/c1-49(2)17-13-35(41(28-49)33-3-5-36(50)6-4-33)31-57-21-23-59(24-22-57)38-9-11-40(45(26-38)60-46-25-34-14-18-51-47(34)54-44(46)30-53-60)48(61)56-65(63,64)39-10-12-42(43(27-39)55-62)52-29-32-15-19-58(20-16-32)37-7-8-37/h3-6,9-12,14,18,25-27,30,32,37,52H,7-8,13,15-17,19-24,28-29,31H2,1-2H3,(H,51,54)(H,56,61). The lowest BCUT2D eigenvalue weighted by Gasteiger charge is -2.39. The topological polar surface area (TPSA) is 161 Å². The summed E-state index contributed by atoms with van der Waals surface area (Å²) >= 11 is 6.27. The third kappa shape index (κ3) is 9.29. The van der Waals surface area contributed by atoms with Crippen molar-refractivity contribution >= 4 is 72.2 Å². The number of carbonyl (C=O) groups excluding carboxylic acids is 1. The number of fused-ring (bicyclic) bond motifs is 2. The van der Waals surface area contributed by atoms with Gasteiger partial charge in [0.05, 0.1) is 33.5 Å². The summed E-state index contributed by atoms with van der Waals surface area (Å²) in [5.74, 6) is -0.391. The Labute approximate surface area is 384 Å². The summed E-state index contributed by atoms with van der Waals surface area (Å²) < 4.78 is 31.7. The molecule has 65 heavy (non-hydrogen) atoms. The fourth-order valence-electron chi connectivity index (χ4n) is 9.95. The highest BCUT2D eigenvalue weighted by molar-refractivity contribution is 7.90. The van der Waals surface area contributed by atoms with Gasteiger partial charge in [-0.2, -0.15) is 5.10 Å². The summed E-state index contributed by atoms with van der Waals surface area (Å²) in [4.78, 5) is 41.3. The second-order valence-corrected chi connectivity index (χ2v) is 21.2. The molecule has 0 bridgehead atoms. The van der Waals surface area contributed by atoms with Crippen LogP contribution in [0.15, 0.2) is 101 Å². The molecule has 0 radical (unpaired) electrons. The Bertz CT molecular complexity index is 2910. The maximum Gasteiger partial charge on any atom is 0.267 e. The zero-order valence-corrected chi connectivity index (χ0v) is 38.5. The number of likely N-dealkylation sites (tertiary alicyclic amines) is 1. The van der Waals surface area contributed by atoms with Gasteiger partial charge in [-0.15, -0.1) is 4.91 Å². The summed E-state index contributed by atoms with van der Waals surface area (Å²) in [5.41, 5.74) is 8.21. The van der Waals surface area contributed by atoms with E-state index in [-0.39, 0.29) is 21.6 Å². The van der Waals surface area contributed by atoms with Gasteiger partial charge < -0.3 is 20.1 Å². The quantitative estimate of drug-likeness (QED) is 0.0954. The molecule has 2 aliphatic carbocycles. The average Bonchev–Trinajstić information content (AvgIpc) is 3.93. The molecule has 0 atom stereocenters. The lowest BCUT2D eigenvalue weighted by atomic mass is 9.72. The summed E-state index contributed by atoms with van der Waals surface area (Å²) in [6, 6.07) is 22.4. The number of hydrogen-bond donors (Lipinski definition) is 3. The van der Waals surface area contributed by atoms with Crippen LogP contribution in [0.2, 0.25) is 5.02 Å². The van der Waals surface area contributed by atoms with E-state index in [1.165, 1.54) is 41.7 Å². The summed E-state index contributed by atoms with van der Waals surface area (Å²) in [6.07, 6.45) is 11.4. The SMILES string of the molecule is CC1(C)CCC(CN2CCN(c3ccc(C(=O)NS(=O)(=O)c4ccc(NCC5CCN(C6CC6)CC5)c(N=O)c4)c(-n4ncc5nc6[nH]ccc6cc54)c3)CC2)=C(c2ccc(Cl)cc2)C1. The zero-order valence-electron chi connectivity index (χ0n) is 36.9. The number of H-pyrrole nitrogens is 1. The van der Waals surface area contributed by atoms with Crippen molar-refractivity contribution < 1.29 is 13.2 Å². The Morgan fingerprint density at radius 3 is 2.48 bits per heavy atom. The average molecular weight is 916 g/mol. The molecule has 16 heteroatoms. The number of rotatable bonds is 13. The van der Waals surface area contributed by atoms with E-state index in [4.69, 9.17) is 16.6 Å². The number of sulfonamides is 1. The van der Waals surface area contributed by atoms with Gasteiger partial charge in [0.25, 0.3) is 15.9 Å². The number of halogens is 1. The number of aromatic nitrogens is 4. The van der Waals surface area contributed by atoms with Gasteiger partial charge in [-0.1, -0.05) is 43.2 Å². The molecule has 10 rings (SSSR count). The summed E-state index contributed by atoms with van der Waals surface area (Å²) in [6.45, 7) is 11.6. The summed E-state index contributed by atoms with van der Waals surface area (Å²) in [7, 11) is -4.43. The molecule has 6 aromatic rings. The predicted octanol–water partition coefficient (Wildman–Crippen LogP) is 9.14. The minimum Gasteiger partial charge on any atom is -0.383 e. The number of pyridine rings is 1. The number of nitrogens with zero attached hydrogens (tertiary/aromatic N) is 7. The zero-order chi connectivity index (χ0) is 44.9. The Kier molecular flexibility index (Phi) is 11.8. The predicted molar refractivity (Wildman–Crippen MR) is 258 cm³/mol. The molecule has 0 spiro atoms. The van der Waals surface area contributed by atoms with E-state index >= 15 is 0 Å². The van der Waals surface area contributed by atoms with Gasteiger partial charge in [0.2, 0.25) is 0 Å². The molecule has 2 saturated heterocycles. The lowest BCUT2D eigenvalue weighted by molar-refractivity contribution is 0.0981. The second kappa shape index (κ2) is 17.6. The van der Waals surface area contributed by atoms with Crippen LogP contribution in [0, 0.1) is 16.2 Å². The number of nitrogens with one attached hydrogen (secondary N) is 3. The van der Waals surface area contributed by atoms with Crippen LogP contribution in [0.1, 0.15) is 74.7 Å². The number of hydrogen-bond acceptors (Lipinski definition) is 11. The highest BCUT2D eigenvalue weighted by Crippen LogP contribution is 2.43. The number of piperazine rings is 1. The number of anilines is 2. The second-order valence-electron chi connectivity index (χ2n) is 19.1. The molecule has 1 amide bonds. The highest BCUT2D eigenvalue weighted by atomic mass is 35.5. The molecule has 338 valence electrons. The van der Waals surface area contributed by atoms with Crippen molar-refractivity contribution in [2.24, 2.45) is 16.5 Å². The Morgan fingerprint density at radius 1 is 0.938 bits per heavy atom. The van der Waals surface area contributed by atoms with E-state index in [2.05, 4.69) is 66.0 Å². The molecule has 3 aromatic carbocycles. The van der Waals surface area contributed by atoms with Crippen molar-refractivity contribution in [1.82, 2.24) is 34.3 Å². The minimum atomic E-state index is -4.43. The molecule has 2 aliphatic heterocycles. The van der Waals surface area contributed by atoms with E-state index in [9.17, 15) is 18.1 Å². The van der Waals surface area contributed by atoms with Crippen LogP contribution >= 0.6 is 11.6 Å². The monoisotopic (exact) mass is 914 g/mol. The van der Waals surface area contributed by atoms with Gasteiger partial charge in [-0.05, 0) is 146 Å². The number of nitroso groups, excluding NO2 is 1. The molecule has 5 heterocycles. The first-order valence-electron chi connectivity index (χ1n) is 22.8. The fraction of sp³-hybridized carbons (Fsp3) is 0.408. The number of allylic oxidation sites excluding steroid dienone is 1.